The van der Waals surface area contributed by atoms with Crippen molar-refractivity contribution in [1.29, 1.82) is 0 Å². The lowest BCUT2D eigenvalue weighted by molar-refractivity contribution is 0.0214. The van der Waals surface area contributed by atoms with Crippen molar-refractivity contribution in [2.75, 3.05) is 13.1 Å². The molecule has 1 heterocycles. The fraction of sp³-hybridized carbons (Fsp3) is 0.947. The van der Waals surface area contributed by atoms with Crippen molar-refractivity contribution in [2.24, 2.45) is 11.8 Å². The van der Waals surface area contributed by atoms with Gasteiger partial charge in [0, 0.05) is 18.6 Å². The molecule has 4 unspecified atom stereocenters. The Morgan fingerprint density at radius 3 is 2.61 bits per heavy atom. The Morgan fingerprint density at radius 2 is 2.00 bits per heavy atom. The second-order valence-corrected chi connectivity index (χ2v) is 8.68. The van der Waals surface area contributed by atoms with Gasteiger partial charge in [0.1, 0.15) is 5.60 Å². The Morgan fingerprint density at radius 1 is 1.26 bits per heavy atom. The standard InChI is InChI=1S/C19H36N2O2/c1-14-8-6-9-16(14)13-20-15(2)12-17-10-7-11-21(17)18(22)23-19(3,4)5/h14-17,20H,6-13H2,1-5H3. The monoisotopic (exact) mass is 324 g/mol. The number of hydrogen-bond donors (Lipinski definition) is 1. The first-order valence-electron chi connectivity index (χ1n) is 9.49. The molecule has 4 heteroatoms. The quantitative estimate of drug-likeness (QED) is 0.824. The molecule has 4 atom stereocenters. The highest BCUT2D eigenvalue weighted by molar-refractivity contribution is 5.68. The van der Waals surface area contributed by atoms with E-state index < -0.39 is 5.60 Å². The van der Waals surface area contributed by atoms with Gasteiger partial charge in [-0.3, -0.25) is 0 Å². The second kappa shape index (κ2) is 7.87. The molecule has 1 aliphatic carbocycles. The van der Waals surface area contributed by atoms with Crippen molar-refractivity contribution in [3.63, 3.8) is 0 Å². The highest BCUT2D eigenvalue weighted by Gasteiger charge is 2.33. The molecular formula is C19H36N2O2. The number of rotatable bonds is 5. The van der Waals surface area contributed by atoms with Crippen molar-refractivity contribution in [1.82, 2.24) is 10.2 Å². The molecule has 2 aliphatic rings. The van der Waals surface area contributed by atoms with E-state index in [9.17, 15) is 4.79 Å². The molecule has 1 aliphatic heterocycles. The highest BCUT2D eigenvalue weighted by atomic mass is 16.6. The van der Waals surface area contributed by atoms with Gasteiger partial charge in [0.15, 0.2) is 0 Å². The molecule has 0 aromatic rings. The Labute approximate surface area is 142 Å². The zero-order valence-electron chi connectivity index (χ0n) is 15.7. The Kier molecular flexibility index (Phi) is 6.35. The summed E-state index contributed by atoms with van der Waals surface area (Å²) in [5, 5.41) is 3.71. The van der Waals surface area contributed by atoms with E-state index in [0.29, 0.717) is 12.1 Å². The van der Waals surface area contributed by atoms with Crippen LogP contribution in [-0.2, 0) is 4.74 Å². The maximum absolute atomic E-state index is 12.3. The summed E-state index contributed by atoms with van der Waals surface area (Å²) >= 11 is 0. The lowest BCUT2D eigenvalue weighted by Gasteiger charge is -2.30. The van der Waals surface area contributed by atoms with E-state index in [1.54, 1.807) is 0 Å². The van der Waals surface area contributed by atoms with Crippen LogP contribution in [0.3, 0.4) is 0 Å². The van der Waals surface area contributed by atoms with Gasteiger partial charge in [-0.1, -0.05) is 19.8 Å². The molecule has 0 radical (unpaired) electrons. The lowest BCUT2D eigenvalue weighted by atomic mass is 9.97. The van der Waals surface area contributed by atoms with E-state index in [1.807, 2.05) is 25.7 Å². The predicted octanol–water partition coefficient (Wildman–Crippen LogP) is 4.19. The summed E-state index contributed by atoms with van der Waals surface area (Å²) in [5.74, 6) is 1.70. The van der Waals surface area contributed by atoms with Gasteiger partial charge in [0.25, 0.3) is 0 Å². The average Bonchev–Trinajstić information content (AvgIpc) is 3.03. The molecule has 1 N–H and O–H groups in total. The number of hydrogen-bond acceptors (Lipinski definition) is 3. The summed E-state index contributed by atoms with van der Waals surface area (Å²) in [7, 11) is 0. The van der Waals surface area contributed by atoms with Gasteiger partial charge in [-0.25, -0.2) is 4.79 Å². The van der Waals surface area contributed by atoms with E-state index in [4.69, 9.17) is 4.74 Å². The molecule has 23 heavy (non-hydrogen) atoms. The van der Waals surface area contributed by atoms with Crippen LogP contribution in [0.25, 0.3) is 0 Å². The first-order valence-corrected chi connectivity index (χ1v) is 9.49. The summed E-state index contributed by atoms with van der Waals surface area (Å²) in [6, 6.07) is 0.782. The minimum atomic E-state index is -0.410. The highest BCUT2D eigenvalue weighted by Crippen LogP contribution is 2.30. The minimum absolute atomic E-state index is 0.142. The van der Waals surface area contributed by atoms with Crippen LogP contribution in [0.2, 0.25) is 0 Å². The third kappa shape index (κ3) is 5.66. The van der Waals surface area contributed by atoms with Crippen LogP contribution in [0.5, 0.6) is 0 Å². The molecule has 0 aromatic heterocycles. The fourth-order valence-electron chi connectivity index (χ4n) is 4.01. The molecular weight excluding hydrogens is 288 g/mol. The summed E-state index contributed by atoms with van der Waals surface area (Å²) < 4.78 is 5.56. The van der Waals surface area contributed by atoms with Crippen LogP contribution in [0.1, 0.15) is 73.1 Å². The van der Waals surface area contributed by atoms with Crippen LogP contribution in [0.4, 0.5) is 4.79 Å². The number of nitrogens with zero attached hydrogens (tertiary/aromatic N) is 1. The van der Waals surface area contributed by atoms with Crippen LogP contribution in [0.15, 0.2) is 0 Å². The van der Waals surface area contributed by atoms with Gasteiger partial charge < -0.3 is 15.0 Å². The number of amides is 1. The van der Waals surface area contributed by atoms with Crippen molar-refractivity contribution in [2.45, 2.75) is 90.8 Å². The van der Waals surface area contributed by atoms with Crippen molar-refractivity contribution >= 4 is 6.09 Å². The normalized spacial score (nSPS) is 29.8. The molecule has 2 rings (SSSR count). The van der Waals surface area contributed by atoms with Gasteiger partial charge in [0.05, 0.1) is 0 Å². The minimum Gasteiger partial charge on any atom is -0.444 e. The van der Waals surface area contributed by atoms with E-state index in [1.165, 1.54) is 19.3 Å². The molecule has 2 fully saturated rings. The zero-order valence-corrected chi connectivity index (χ0v) is 15.7. The van der Waals surface area contributed by atoms with Crippen LogP contribution >= 0.6 is 0 Å². The number of ether oxygens (including phenoxy) is 1. The molecule has 134 valence electrons. The molecule has 0 bridgehead atoms. The number of carbonyl (C=O) groups excluding carboxylic acids is 1. The zero-order chi connectivity index (χ0) is 17.0. The average molecular weight is 325 g/mol. The van der Waals surface area contributed by atoms with Crippen molar-refractivity contribution in [3.8, 4) is 0 Å². The lowest BCUT2D eigenvalue weighted by Crippen LogP contribution is -2.43. The number of carbonyl (C=O) groups is 1. The molecule has 1 saturated carbocycles. The fourth-order valence-corrected chi connectivity index (χ4v) is 4.01. The third-order valence-electron chi connectivity index (χ3n) is 5.40. The van der Waals surface area contributed by atoms with Gasteiger partial charge in [-0.15, -0.1) is 0 Å². The van der Waals surface area contributed by atoms with E-state index in [0.717, 1.165) is 44.2 Å². The Hall–Kier alpha value is -0.770. The first kappa shape index (κ1) is 18.6. The van der Waals surface area contributed by atoms with Crippen LogP contribution < -0.4 is 5.32 Å². The van der Waals surface area contributed by atoms with Crippen LogP contribution in [0, 0.1) is 11.8 Å². The van der Waals surface area contributed by atoms with Gasteiger partial charge >= 0.3 is 6.09 Å². The van der Waals surface area contributed by atoms with Gasteiger partial charge in [-0.05, 0) is 71.8 Å². The topological polar surface area (TPSA) is 41.6 Å². The Bertz CT molecular complexity index is 391. The first-order chi connectivity index (χ1) is 10.8. The third-order valence-corrected chi connectivity index (χ3v) is 5.40. The summed E-state index contributed by atoms with van der Waals surface area (Å²) in [6.45, 7) is 12.4. The molecule has 1 amide bonds. The maximum atomic E-state index is 12.3. The summed E-state index contributed by atoms with van der Waals surface area (Å²) in [6.07, 6.45) is 7.22. The SMILES string of the molecule is CC(CC1CCCN1C(=O)OC(C)(C)C)NCC1CCCC1C. The van der Waals surface area contributed by atoms with Crippen molar-refractivity contribution < 1.29 is 9.53 Å². The van der Waals surface area contributed by atoms with Crippen LogP contribution in [-0.4, -0.2) is 41.8 Å². The maximum Gasteiger partial charge on any atom is 0.410 e. The molecule has 0 aromatic carbocycles. The van der Waals surface area contributed by atoms with Crippen molar-refractivity contribution in [3.05, 3.63) is 0 Å². The number of likely N-dealkylation sites (tertiary alicyclic amines) is 1. The molecule has 1 saturated heterocycles. The van der Waals surface area contributed by atoms with E-state index in [-0.39, 0.29) is 6.09 Å². The number of nitrogens with one attached hydrogen (secondary N) is 1. The van der Waals surface area contributed by atoms with E-state index >= 15 is 0 Å². The summed E-state index contributed by atoms with van der Waals surface area (Å²) in [5.41, 5.74) is -0.410. The van der Waals surface area contributed by atoms with Gasteiger partial charge in [0.2, 0.25) is 0 Å². The molecule has 4 nitrogen and oxygen atoms in total. The summed E-state index contributed by atoms with van der Waals surface area (Å²) in [4.78, 5) is 14.3. The van der Waals surface area contributed by atoms with Gasteiger partial charge in [-0.2, -0.15) is 0 Å². The molecule has 0 spiro atoms. The largest absolute Gasteiger partial charge is 0.444 e. The Balaban J connectivity index is 1.77. The van der Waals surface area contributed by atoms with E-state index in [2.05, 4.69) is 19.2 Å². The second-order valence-electron chi connectivity index (χ2n) is 8.68. The predicted molar refractivity (Wildman–Crippen MR) is 94.5 cm³/mol. The smallest absolute Gasteiger partial charge is 0.410 e.